The molecule has 0 saturated carbocycles. The molecule has 3 rings (SSSR count). The molecular weight excluding hydrogens is 306 g/mol. The predicted octanol–water partition coefficient (Wildman–Crippen LogP) is 1.45. The first-order valence-corrected chi connectivity index (χ1v) is 8.17. The van der Waals surface area contributed by atoms with Crippen molar-refractivity contribution in [3.63, 3.8) is 0 Å². The van der Waals surface area contributed by atoms with Gasteiger partial charge in [-0.1, -0.05) is 20.8 Å². The molecule has 24 heavy (non-hydrogen) atoms. The Morgan fingerprint density at radius 1 is 1.33 bits per heavy atom. The highest BCUT2D eigenvalue weighted by molar-refractivity contribution is 5.99. The minimum absolute atomic E-state index is 0.168. The third kappa shape index (κ3) is 2.74. The summed E-state index contributed by atoms with van der Waals surface area (Å²) in [5.41, 5.74) is 1.62. The number of carbonyl (C=O) groups excluding carboxylic acids is 2. The van der Waals surface area contributed by atoms with E-state index in [9.17, 15) is 9.59 Å². The molecule has 7 nitrogen and oxygen atoms in total. The van der Waals surface area contributed by atoms with E-state index < -0.39 is 0 Å². The van der Waals surface area contributed by atoms with E-state index in [4.69, 9.17) is 0 Å². The second-order valence-corrected chi connectivity index (χ2v) is 7.23. The predicted molar refractivity (Wildman–Crippen MR) is 89.8 cm³/mol. The maximum atomic E-state index is 12.5. The zero-order chi connectivity index (χ0) is 17.5. The van der Waals surface area contributed by atoms with Gasteiger partial charge in [-0.05, 0) is 12.5 Å². The van der Waals surface area contributed by atoms with Crippen LogP contribution in [0.1, 0.15) is 49.2 Å². The van der Waals surface area contributed by atoms with Crippen molar-refractivity contribution in [2.45, 2.75) is 33.1 Å². The molecule has 1 N–H and O–H groups in total. The summed E-state index contributed by atoms with van der Waals surface area (Å²) in [5.74, 6) is 0.159. The fraction of sp³-hybridized carbons (Fsp3) is 0.529. The Labute approximate surface area is 141 Å². The molecule has 1 aliphatic rings. The molecule has 1 atom stereocenters. The van der Waals surface area contributed by atoms with Crippen LogP contribution in [-0.2, 0) is 4.79 Å². The molecule has 0 spiro atoms. The number of hydrogen-bond donors (Lipinski definition) is 1. The summed E-state index contributed by atoms with van der Waals surface area (Å²) >= 11 is 0. The van der Waals surface area contributed by atoms with Crippen LogP contribution < -0.4 is 5.32 Å². The zero-order valence-electron chi connectivity index (χ0n) is 14.5. The number of hydrogen-bond acceptors (Lipinski definition) is 4. The molecule has 0 aliphatic carbocycles. The van der Waals surface area contributed by atoms with Gasteiger partial charge in [-0.3, -0.25) is 9.59 Å². The fourth-order valence-corrected chi connectivity index (χ4v) is 3.17. The molecule has 3 heterocycles. The number of fused-ring (bicyclic) bond motifs is 1. The van der Waals surface area contributed by atoms with Crippen molar-refractivity contribution in [1.29, 1.82) is 0 Å². The molecule has 2 aromatic heterocycles. The van der Waals surface area contributed by atoms with Crippen LogP contribution in [0.2, 0.25) is 0 Å². The zero-order valence-corrected chi connectivity index (χ0v) is 14.5. The number of rotatable bonds is 2. The van der Waals surface area contributed by atoms with Crippen LogP contribution in [0.3, 0.4) is 0 Å². The third-order valence-electron chi connectivity index (χ3n) is 4.44. The molecule has 2 amide bonds. The molecule has 0 aromatic carbocycles. The van der Waals surface area contributed by atoms with Gasteiger partial charge in [-0.2, -0.15) is 5.10 Å². The van der Waals surface area contributed by atoms with Crippen molar-refractivity contribution in [3.05, 3.63) is 29.7 Å². The first-order chi connectivity index (χ1) is 11.3. The second-order valence-electron chi connectivity index (χ2n) is 7.23. The van der Waals surface area contributed by atoms with E-state index in [1.54, 1.807) is 17.8 Å². The van der Waals surface area contributed by atoms with E-state index in [0.717, 1.165) is 18.7 Å². The van der Waals surface area contributed by atoms with Crippen molar-refractivity contribution >= 4 is 17.5 Å². The molecule has 128 valence electrons. The van der Waals surface area contributed by atoms with E-state index in [-0.39, 0.29) is 23.1 Å². The van der Waals surface area contributed by atoms with Crippen LogP contribution in [-0.4, -0.2) is 51.4 Å². The summed E-state index contributed by atoms with van der Waals surface area (Å²) < 4.78 is 1.72. The van der Waals surface area contributed by atoms with Crippen molar-refractivity contribution in [3.8, 4) is 0 Å². The van der Waals surface area contributed by atoms with Crippen LogP contribution in [0.5, 0.6) is 0 Å². The highest BCUT2D eigenvalue weighted by atomic mass is 16.2. The number of amides is 2. The Bertz CT molecular complexity index is 790. The van der Waals surface area contributed by atoms with Crippen LogP contribution in [0.4, 0.5) is 0 Å². The molecular formula is C17H23N5O2. The Kier molecular flexibility index (Phi) is 4.03. The normalized spacial score (nSPS) is 18.2. The van der Waals surface area contributed by atoms with Crippen molar-refractivity contribution < 1.29 is 9.59 Å². The average molecular weight is 329 g/mol. The first kappa shape index (κ1) is 16.4. The van der Waals surface area contributed by atoms with E-state index in [1.165, 1.54) is 6.20 Å². The second kappa shape index (κ2) is 5.89. The quantitative estimate of drug-likeness (QED) is 0.904. The van der Waals surface area contributed by atoms with Gasteiger partial charge in [0.15, 0.2) is 5.65 Å². The first-order valence-electron chi connectivity index (χ1n) is 8.17. The van der Waals surface area contributed by atoms with Gasteiger partial charge in [0, 0.05) is 37.7 Å². The van der Waals surface area contributed by atoms with Gasteiger partial charge in [0.05, 0.1) is 11.9 Å². The number of aromatic nitrogens is 3. The summed E-state index contributed by atoms with van der Waals surface area (Å²) in [7, 11) is 1.59. The van der Waals surface area contributed by atoms with E-state index in [1.807, 2.05) is 31.7 Å². The highest BCUT2D eigenvalue weighted by Gasteiger charge is 2.34. The SMILES string of the molecule is CNC(=O)c1cnn2c([C@@H]3CCN(C(=O)C(C)(C)C)C3)ccnc12. The van der Waals surface area contributed by atoms with Crippen molar-refractivity contribution in [2.75, 3.05) is 20.1 Å². The van der Waals surface area contributed by atoms with Crippen LogP contribution >= 0.6 is 0 Å². The molecule has 7 heteroatoms. The molecule has 0 bridgehead atoms. The van der Waals surface area contributed by atoms with Crippen molar-refractivity contribution in [1.82, 2.24) is 24.8 Å². The third-order valence-corrected chi connectivity index (χ3v) is 4.44. The largest absolute Gasteiger partial charge is 0.355 e. The summed E-state index contributed by atoms with van der Waals surface area (Å²) in [6.45, 7) is 7.24. The number of likely N-dealkylation sites (tertiary alicyclic amines) is 1. The summed E-state index contributed by atoms with van der Waals surface area (Å²) in [4.78, 5) is 30.6. The molecule has 0 unspecified atom stereocenters. The Hall–Kier alpha value is -2.44. The molecule has 1 aliphatic heterocycles. The van der Waals surface area contributed by atoms with Crippen LogP contribution in [0.25, 0.3) is 5.65 Å². The summed E-state index contributed by atoms with van der Waals surface area (Å²) in [6, 6.07) is 1.92. The van der Waals surface area contributed by atoms with E-state index >= 15 is 0 Å². The molecule has 1 saturated heterocycles. The smallest absolute Gasteiger partial charge is 0.256 e. The lowest BCUT2D eigenvalue weighted by atomic mass is 9.95. The number of carbonyl (C=O) groups is 2. The van der Waals surface area contributed by atoms with Gasteiger partial charge in [-0.25, -0.2) is 9.50 Å². The Morgan fingerprint density at radius 2 is 2.08 bits per heavy atom. The van der Waals surface area contributed by atoms with Crippen LogP contribution in [0.15, 0.2) is 18.5 Å². The van der Waals surface area contributed by atoms with Gasteiger partial charge in [0.25, 0.3) is 5.91 Å². The monoisotopic (exact) mass is 329 g/mol. The van der Waals surface area contributed by atoms with Gasteiger partial charge < -0.3 is 10.2 Å². The summed E-state index contributed by atoms with van der Waals surface area (Å²) in [6.07, 6.45) is 4.13. The van der Waals surface area contributed by atoms with Gasteiger partial charge in [0.2, 0.25) is 5.91 Å². The van der Waals surface area contributed by atoms with Gasteiger partial charge >= 0.3 is 0 Å². The van der Waals surface area contributed by atoms with Gasteiger partial charge in [-0.15, -0.1) is 0 Å². The topological polar surface area (TPSA) is 79.6 Å². The fourth-order valence-electron chi connectivity index (χ4n) is 3.17. The van der Waals surface area contributed by atoms with E-state index in [2.05, 4.69) is 15.4 Å². The number of nitrogens with one attached hydrogen (secondary N) is 1. The maximum absolute atomic E-state index is 12.5. The standard InChI is InChI=1S/C17H23N5O2/c1-17(2,3)16(24)21-8-6-11(10-21)13-5-7-19-14-12(15(23)18-4)9-20-22(13)14/h5,7,9,11H,6,8,10H2,1-4H3,(H,18,23)/t11-/m1/s1. The molecule has 1 fully saturated rings. The Morgan fingerprint density at radius 3 is 2.75 bits per heavy atom. The van der Waals surface area contributed by atoms with Crippen molar-refractivity contribution in [2.24, 2.45) is 5.41 Å². The maximum Gasteiger partial charge on any atom is 0.256 e. The lowest BCUT2D eigenvalue weighted by Crippen LogP contribution is -2.37. The van der Waals surface area contributed by atoms with E-state index in [0.29, 0.717) is 17.8 Å². The lowest BCUT2D eigenvalue weighted by molar-refractivity contribution is -0.138. The average Bonchev–Trinajstić information content (AvgIpc) is 3.19. The highest BCUT2D eigenvalue weighted by Crippen LogP contribution is 2.30. The minimum Gasteiger partial charge on any atom is -0.355 e. The molecule has 0 radical (unpaired) electrons. The number of nitrogens with zero attached hydrogens (tertiary/aromatic N) is 4. The molecule has 2 aromatic rings. The summed E-state index contributed by atoms with van der Waals surface area (Å²) in [5, 5.41) is 6.94. The van der Waals surface area contributed by atoms with Crippen LogP contribution in [0, 0.1) is 5.41 Å². The Balaban J connectivity index is 1.90. The van der Waals surface area contributed by atoms with Gasteiger partial charge in [0.1, 0.15) is 5.56 Å². The lowest BCUT2D eigenvalue weighted by Gasteiger charge is -2.25. The minimum atomic E-state index is -0.374.